The van der Waals surface area contributed by atoms with Crippen molar-refractivity contribution in [3.8, 4) is 0 Å². The molecule has 3 rings (SSSR count). The van der Waals surface area contributed by atoms with Crippen LogP contribution in [0.25, 0.3) is 0 Å². The highest BCUT2D eigenvalue weighted by atomic mass is 35.5. The van der Waals surface area contributed by atoms with E-state index in [1.54, 1.807) is 54.6 Å². The second-order valence-corrected chi connectivity index (χ2v) is 8.67. The number of nitrogens with one attached hydrogen (secondary N) is 2. The fourth-order valence-corrected chi connectivity index (χ4v) is 4.99. The minimum atomic E-state index is -3.65. The molecule has 1 atom stereocenters. The van der Waals surface area contributed by atoms with Crippen LogP contribution in [0.2, 0.25) is 5.02 Å². The first-order chi connectivity index (χ1) is 13.4. The molecular formula is C19H20ClN3O4S. The van der Waals surface area contributed by atoms with Gasteiger partial charge in [0.05, 0.1) is 15.6 Å². The number of halogens is 1. The molecule has 28 heavy (non-hydrogen) atoms. The number of benzene rings is 2. The Morgan fingerprint density at radius 1 is 1.04 bits per heavy atom. The zero-order chi connectivity index (χ0) is 20.1. The number of anilines is 1. The van der Waals surface area contributed by atoms with Crippen LogP contribution in [-0.2, 0) is 19.6 Å². The standard InChI is InChI=1S/C19H20ClN3O4S/c20-16-10-4-5-11-17(16)22-19(25)18(24)21-13-14-7-6-12-23(14)28(26,27)15-8-2-1-3-9-15/h1-5,8-11,14H,6-7,12-13H2,(H,21,24)(H,22,25)/t14-/m0/s1. The number of hydrogen-bond acceptors (Lipinski definition) is 4. The van der Waals surface area contributed by atoms with Crippen LogP contribution in [0, 0.1) is 0 Å². The van der Waals surface area contributed by atoms with E-state index in [9.17, 15) is 18.0 Å². The average molecular weight is 422 g/mol. The van der Waals surface area contributed by atoms with Gasteiger partial charge in [-0.2, -0.15) is 4.31 Å². The van der Waals surface area contributed by atoms with E-state index in [4.69, 9.17) is 11.6 Å². The summed E-state index contributed by atoms with van der Waals surface area (Å²) in [4.78, 5) is 24.4. The molecule has 2 aromatic carbocycles. The van der Waals surface area contributed by atoms with Crippen LogP contribution in [0.5, 0.6) is 0 Å². The summed E-state index contributed by atoms with van der Waals surface area (Å²) in [5.74, 6) is -1.70. The number of rotatable bonds is 5. The largest absolute Gasteiger partial charge is 0.346 e. The zero-order valence-electron chi connectivity index (χ0n) is 15.0. The predicted molar refractivity (Wildman–Crippen MR) is 106 cm³/mol. The van der Waals surface area contributed by atoms with Crippen LogP contribution < -0.4 is 10.6 Å². The first-order valence-corrected chi connectivity index (χ1v) is 10.6. The number of para-hydroxylation sites is 1. The molecule has 9 heteroatoms. The highest BCUT2D eigenvalue weighted by Crippen LogP contribution is 2.25. The number of nitrogens with zero attached hydrogens (tertiary/aromatic N) is 1. The van der Waals surface area contributed by atoms with Crippen molar-refractivity contribution < 1.29 is 18.0 Å². The van der Waals surface area contributed by atoms with Gasteiger partial charge >= 0.3 is 11.8 Å². The van der Waals surface area contributed by atoms with E-state index in [0.717, 1.165) is 0 Å². The second-order valence-electron chi connectivity index (χ2n) is 6.37. The van der Waals surface area contributed by atoms with Gasteiger partial charge in [0.25, 0.3) is 0 Å². The zero-order valence-corrected chi connectivity index (χ0v) is 16.5. The molecule has 0 saturated carbocycles. The van der Waals surface area contributed by atoms with E-state index in [2.05, 4.69) is 10.6 Å². The lowest BCUT2D eigenvalue weighted by Gasteiger charge is -2.24. The molecule has 148 valence electrons. The Balaban J connectivity index is 1.61. The molecule has 1 aliphatic heterocycles. The molecule has 0 unspecified atom stereocenters. The van der Waals surface area contributed by atoms with Crippen LogP contribution in [0.1, 0.15) is 12.8 Å². The Bertz CT molecular complexity index is 966. The maximum absolute atomic E-state index is 12.8. The molecule has 0 aliphatic carbocycles. The minimum absolute atomic E-state index is 0.0564. The first-order valence-electron chi connectivity index (χ1n) is 8.80. The van der Waals surface area contributed by atoms with Crippen LogP contribution in [0.4, 0.5) is 5.69 Å². The predicted octanol–water partition coefficient (Wildman–Crippen LogP) is 2.25. The van der Waals surface area contributed by atoms with Gasteiger partial charge in [-0.25, -0.2) is 8.42 Å². The van der Waals surface area contributed by atoms with Crippen molar-refractivity contribution in [2.75, 3.05) is 18.4 Å². The molecule has 1 aliphatic rings. The number of amides is 2. The Kier molecular flexibility index (Phi) is 6.33. The lowest BCUT2D eigenvalue weighted by molar-refractivity contribution is -0.136. The average Bonchev–Trinajstić information content (AvgIpc) is 3.18. The third-order valence-corrected chi connectivity index (χ3v) is 6.80. The van der Waals surface area contributed by atoms with Crippen molar-refractivity contribution >= 4 is 39.1 Å². The van der Waals surface area contributed by atoms with E-state index in [1.165, 1.54) is 4.31 Å². The molecule has 1 heterocycles. The third kappa shape index (κ3) is 4.52. The quantitative estimate of drug-likeness (QED) is 0.724. The lowest BCUT2D eigenvalue weighted by atomic mass is 10.2. The minimum Gasteiger partial charge on any atom is -0.346 e. The molecule has 1 saturated heterocycles. The number of carbonyl (C=O) groups excluding carboxylic acids is 2. The molecular weight excluding hydrogens is 402 g/mol. The highest BCUT2D eigenvalue weighted by Gasteiger charge is 2.35. The van der Waals surface area contributed by atoms with Gasteiger partial charge in [0.2, 0.25) is 10.0 Å². The SMILES string of the molecule is O=C(NC[C@@H]1CCCN1S(=O)(=O)c1ccccc1)C(=O)Nc1ccccc1Cl. The second kappa shape index (κ2) is 8.72. The summed E-state index contributed by atoms with van der Waals surface area (Å²) >= 11 is 5.96. The third-order valence-electron chi connectivity index (χ3n) is 4.50. The summed E-state index contributed by atoms with van der Waals surface area (Å²) in [6.45, 7) is 0.435. The first kappa shape index (κ1) is 20.3. The molecule has 7 nitrogen and oxygen atoms in total. The molecule has 0 bridgehead atoms. The van der Waals surface area contributed by atoms with Crippen LogP contribution in [-0.4, -0.2) is 43.7 Å². The Morgan fingerprint density at radius 3 is 2.43 bits per heavy atom. The number of sulfonamides is 1. The van der Waals surface area contributed by atoms with Gasteiger partial charge in [0.15, 0.2) is 0 Å². The molecule has 2 amide bonds. The Hall–Kier alpha value is -2.42. The summed E-state index contributed by atoms with van der Waals surface area (Å²) in [7, 11) is -3.65. The molecule has 0 radical (unpaired) electrons. The van der Waals surface area contributed by atoms with Gasteiger partial charge in [-0.15, -0.1) is 0 Å². The van der Waals surface area contributed by atoms with Gasteiger partial charge in [-0.3, -0.25) is 9.59 Å². The molecule has 1 fully saturated rings. The Morgan fingerprint density at radius 2 is 1.71 bits per heavy atom. The van der Waals surface area contributed by atoms with Crippen molar-refractivity contribution in [1.29, 1.82) is 0 Å². The van der Waals surface area contributed by atoms with E-state index in [0.29, 0.717) is 30.1 Å². The van der Waals surface area contributed by atoms with Gasteiger partial charge in [-0.05, 0) is 37.1 Å². The smallest absolute Gasteiger partial charge is 0.313 e. The number of carbonyl (C=O) groups is 2. The van der Waals surface area contributed by atoms with Crippen LogP contribution >= 0.6 is 11.6 Å². The van der Waals surface area contributed by atoms with E-state index >= 15 is 0 Å². The fraction of sp³-hybridized carbons (Fsp3) is 0.263. The Labute approximate surface area is 168 Å². The summed E-state index contributed by atoms with van der Waals surface area (Å²) < 4.78 is 27.0. The normalized spacial score (nSPS) is 17.2. The van der Waals surface area contributed by atoms with Crippen molar-refractivity contribution in [1.82, 2.24) is 9.62 Å². The van der Waals surface area contributed by atoms with E-state index in [1.807, 2.05) is 0 Å². The van der Waals surface area contributed by atoms with Crippen LogP contribution in [0.3, 0.4) is 0 Å². The summed E-state index contributed by atoms with van der Waals surface area (Å²) in [6.07, 6.45) is 1.30. The molecule has 2 aromatic rings. The highest BCUT2D eigenvalue weighted by molar-refractivity contribution is 7.89. The van der Waals surface area contributed by atoms with Crippen LogP contribution in [0.15, 0.2) is 59.5 Å². The monoisotopic (exact) mass is 421 g/mol. The van der Waals surface area contributed by atoms with Gasteiger partial charge in [-0.1, -0.05) is 41.9 Å². The van der Waals surface area contributed by atoms with Crippen molar-refractivity contribution in [3.05, 3.63) is 59.6 Å². The molecule has 0 aromatic heterocycles. The van der Waals surface area contributed by atoms with E-state index < -0.39 is 27.9 Å². The molecule has 2 N–H and O–H groups in total. The molecule has 0 spiro atoms. The topological polar surface area (TPSA) is 95.6 Å². The number of hydrogen-bond donors (Lipinski definition) is 2. The lowest BCUT2D eigenvalue weighted by Crippen LogP contribution is -2.45. The van der Waals surface area contributed by atoms with Gasteiger partial charge in [0.1, 0.15) is 0 Å². The van der Waals surface area contributed by atoms with Gasteiger partial charge in [0, 0.05) is 19.1 Å². The van der Waals surface area contributed by atoms with Crippen molar-refractivity contribution in [2.24, 2.45) is 0 Å². The summed E-state index contributed by atoms with van der Waals surface area (Å²) in [5, 5.41) is 5.27. The maximum atomic E-state index is 12.8. The van der Waals surface area contributed by atoms with Crippen molar-refractivity contribution in [2.45, 2.75) is 23.8 Å². The maximum Gasteiger partial charge on any atom is 0.313 e. The van der Waals surface area contributed by atoms with Gasteiger partial charge < -0.3 is 10.6 Å². The summed E-state index contributed by atoms with van der Waals surface area (Å²) in [5.41, 5.74) is 0.332. The van der Waals surface area contributed by atoms with E-state index in [-0.39, 0.29) is 11.4 Å². The summed E-state index contributed by atoms with van der Waals surface area (Å²) in [6, 6.07) is 14.3. The van der Waals surface area contributed by atoms with Crippen molar-refractivity contribution in [3.63, 3.8) is 0 Å². The fourth-order valence-electron chi connectivity index (χ4n) is 3.09.